The van der Waals surface area contributed by atoms with Gasteiger partial charge >= 0.3 is 5.97 Å². The zero-order valence-corrected chi connectivity index (χ0v) is 18.1. The normalized spacial score (nSPS) is 16.8. The zero-order valence-electron chi connectivity index (χ0n) is 17.3. The van der Waals surface area contributed by atoms with Crippen LogP contribution in [0.5, 0.6) is 0 Å². The smallest absolute Gasteiger partial charge is 0.317 e. The van der Waals surface area contributed by atoms with Gasteiger partial charge < -0.3 is 10.4 Å². The molecule has 0 aliphatic carbocycles. The maximum absolute atomic E-state index is 12.6. The summed E-state index contributed by atoms with van der Waals surface area (Å²) >= 11 is 1.95. The average molecular weight is 439 g/mol. The second kappa shape index (κ2) is 9.98. The third-order valence-electron chi connectivity index (χ3n) is 5.44. The molecule has 1 amide bonds. The van der Waals surface area contributed by atoms with Crippen molar-refractivity contribution in [2.24, 2.45) is 5.10 Å². The highest BCUT2D eigenvalue weighted by molar-refractivity contribution is 7.99. The van der Waals surface area contributed by atoms with Crippen LogP contribution in [0.3, 0.4) is 0 Å². The van der Waals surface area contributed by atoms with E-state index in [9.17, 15) is 9.59 Å². The lowest BCUT2D eigenvalue weighted by Gasteiger charge is -2.27. The minimum Gasteiger partial charge on any atom is -0.480 e. The molecule has 0 spiro atoms. The number of thioether (sulfide) groups is 1. The first kappa shape index (κ1) is 21.4. The summed E-state index contributed by atoms with van der Waals surface area (Å²) in [7, 11) is 0. The first-order valence-corrected chi connectivity index (χ1v) is 11.6. The lowest BCUT2D eigenvalue weighted by Crippen LogP contribution is -2.34. The van der Waals surface area contributed by atoms with Crippen LogP contribution in [0.25, 0.3) is 0 Å². The molecule has 0 atom stereocenters. The molecule has 8 heteroatoms. The molecule has 2 aromatic rings. The number of nitrogens with zero attached hydrogens (tertiary/aromatic N) is 3. The van der Waals surface area contributed by atoms with Crippen molar-refractivity contribution in [2.75, 3.05) is 43.0 Å². The third-order valence-corrected chi connectivity index (χ3v) is 6.39. The van der Waals surface area contributed by atoms with Gasteiger partial charge in [-0.1, -0.05) is 18.2 Å². The fourth-order valence-corrected chi connectivity index (χ4v) is 4.64. The largest absolute Gasteiger partial charge is 0.480 e. The van der Waals surface area contributed by atoms with E-state index < -0.39 is 5.97 Å². The highest BCUT2D eigenvalue weighted by atomic mass is 32.2. The van der Waals surface area contributed by atoms with Crippen LogP contribution in [0.2, 0.25) is 0 Å². The van der Waals surface area contributed by atoms with Gasteiger partial charge in [-0.15, -0.1) is 0 Å². The second-order valence-electron chi connectivity index (χ2n) is 7.72. The molecule has 162 valence electrons. The van der Waals surface area contributed by atoms with Crippen LogP contribution in [0.4, 0.5) is 5.69 Å². The molecule has 0 unspecified atom stereocenters. The van der Waals surface area contributed by atoms with E-state index in [1.807, 2.05) is 65.3 Å². The van der Waals surface area contributed by atoms with Crippen molar-refractivity contribution in [2.45, 2.75) is 13.0 Å². The van der Waals surface area contributed by atoms with E-state index in [-0.39, 0.29) is 12.5 Å². The van der Waals surface area contributed by atoms with E-state index >= 15 is 0 Å². The molecule has 0 aromatic heterocycles. The van der Waals surface area contributed by atoms with Crippen molar-refractivity contribution in [3.8, 4) is 0 Å². The van der Waals surface area contributed by atoms with Crippen LogP contribution in [-0.4, -0.2) is 70.8 Å². The molecule has 4 rings (SSSR count). The summed E-state index contributed by atoms with van der Waals surface area (Å²) < 4.78 is 0. The molecule has 2 N–H and O–H groups in total. The summed E-state index contributed by atoms with van der Waals surface area (Å²) in [6.07, 6.45) is 2.62. The van der Waals surface area contributed by atoms with Crippen LogP contribution in [-0.2, 0) is 17.8 Å². The van der Waals surface area contributed by atoms with E-state index in [2.05, 4.69) is 15.4 Å². The quantitative estimate of drug-likeness (QED) is 0.675. The molecule has 2 aliphatic rings. The molecular formula is C23H26N4O3S. The number of hydrazone groups is 1. The van der Waals surface area contributed by atoms with Crippen LogP contribution < -0.4 is 5.32 Å². The Hall–Kier alpha value is -2.84. The van der Waals surface area contributed by atoms with Gasteiger partial charge in [0.05, 0.1) is 12.8 Å². The molecule has 0 saturated carbocycles. The highest BCUT2D eigenvalue weighted by Crippen LogP contribution is 2.23. The van der Waals surface area contributed by atoms with Gasteiger partial charge in [0.1, 0.15) is 0 Å². The van der Waals surface area contributed by atoms with Crippen molar-refractivity contribution in [3.63, 3.8) is 0 Å². The Labute approximate surface area is 186 Å². The van der Waals surface area contributed by atoms with Crippen molar-refractivity contribution in [1.82, 2.24) is 9.91 Å². The molecule has 2 heterocycles. The van der Waals surface area contributed by atoms with E-state index in [0.29, 0.717) is 18.7 Å². The van der Waals surface area contributed by atoms with Gasteiger partial charge in [-0.05, 0) is 47.4 Å². The monoisotopic (exact) mass is 438 g/mol. The fourth-order valence-electron chi connectivity index (χ4n) is 3.76. The minimum atomic E-state index is -0.810. The number of carbonyl (C=O) groups excluding carboxylic acids is 1. The molecule has 31 heavy (non-hydrogen) atoms. The molecule has 1 saturated heterocycles. The SMILES string of the molecule is O=C(O)CN1CCc2cc(NC(=O)c3ccc(C=NN4CCSCC4)cc3)ccc2C1. The maximum Gasteiger partial charge on any atom is 0.317 e. The number of benzene rings is 2. The minimum absolute atomic E-state index is 0.0513. The van der Waals surface area contributed by atoms with Gasteiger partial charge in [0.2, 0.25) is 0 Å². The van der Waals surface area contributed by atoms with Gasteiger partial charge in [-0.2, -0.15) is 16.9 Å². The number of anilines is 1. The fraction of sp³-hybridized carbons (Fsp3) is 0.348. The first-order chi connectivity index (χ1) is 15.1. The number of fused-ring (bicyclic) bond motifs is 1. The Morgan fingerprint density at radius 2 is 1.84 bits per heavy atom. The Morgan fingerprint density at radius 1 is 1.06 bits per heavy atom. The zero-order chi connectivity index (χ0) is 21.6. The molecule has 2 aliphatic heterocycles. The van der Waals surface area contributed by atoms with Crippen LogP contribution in [0.15, 0.2) is 47.6 Å². The Kier molecular flexibility index (Phi) is 6.89. The lowest BCUT2D eigenvalue weighted by atomic mass is 9.99. The van der Waals surface area contributed by atoms with Crippen LogP contribution in [0, 0.1) is 0 Å². The van der Waals surface area contributed by atoms with Gasteiger partial charge in [0.25, 0.3) is 5.91 Å². The molecule has 2 aromatic carbocycles. The predicted molar refractivity (Wildman–Crippen MR) is 124 cm³/mol. The third kappa shape index (κ3) is 5.86. The van der Waals surface area contributed by atoms with Crippen LogP contribution in [0.1, 0.15) is 27.0 Å². The Bertz CT molecular complexity index is 971. The number of hydrogen-bond acceptors (Lipinski definition) is 6. The van der Waals surface area contributed by atoms with Crippen LogP contribution >= 0.6 is 11.8 Å². The van der Waals surface area contributed by atoms with E-state index in [1.54, 1.807) is 0 Å². The number of rotatable bonds is 6. The topological polar surface area (TPSA) is 85.2 Å². The van der Waals surface area contributed by atoms with E-state index in [4.69, 9.17) is 5.11 Å². The van der Waals surface area contributed by atoms with Gasteiger partial charge in [-0.25, -0.2) is 0 Å². The van der Waals surface area contributed by atoms with Gasteiger partial charge in [-0.3, -0.25) is 19.5 Å². The number of carboxylic acid groups (broad SMARTS) is 1. The molecule has 7 nitrogen and oxygen atoms in total. The number of carbonyl (C=O) groups is 2. The standard InChI is InChI=1S/C23H26N4O3S/c28-22(29)16-26-8-7-19-13-21(6-5-20(19)15-26)25-23(30)18-3-1-17(2-4-18)14-24-27-9-11-31-12-10-27/h1-6,13-14H,7-12,15-16H2,(H,25,30)(H,28,29). The maximum atomic E-state index is 12.6. The second-order valence-corrected chi connectivity index (χ2v) is 8.95. The van der Waals surface area contributed by atoms with Gasteiger partial charge in [0, 0.05) is 48.9 Å². The summed E-state index contributed by atoms with van der Waals surface area (Å²) in [5, 5.41) is 18.5. The summed E-state index contributed by atoms with van der Waals surface area (Å²) in [4.78, 5) is 25.5. The van der Waals surface area contributed by atoms with Crippen molar-refractivity contribution < 1.29 is 14.7 Å². The van der Waals surface area contributed by atoms with Gasteiger partial charge in [0.15, 0.2) is 0 Å². The van der Waals surface area contributed by atoms with Crippen molar-refractivity contribution in [1.29, 1.82) is 0 Å². The summed E-state index contributed by atoms with van der Waals surface area (Å²) in [6, 6.07) is 13.3. The number of aliphatic carboxylic acids is 1. The lowest BCUT2D eigenvalue weighted by molar-refractivity contribution is -0.138. The Morgan fingerprint density at radius 3 is 2.58 bits per heavy atom. The first-order valence-electron chi connectivity index (χ1n) is 10.4. The summed E-state index contributed by atoms with van der Waals surface area (Å²) in [5.74, 6) is 1.26. The summed E-state index contributed by atoms with van der Waals surface area (Å²) in [5.41, 5.74) is 4.58. The van der Waals surface area contributed by atoms with Crippen molar-refractivity contribution >= 4 is 35.5 Å². The highest BCUT2D eigenvalue weighted by Gasteiger charge is 2.18. The predicted octanol–water partition coefficient (Wildman–Crippen LogP) is 2.76. The number of nitrogens with one attached hydrogen (secondary N) is 1. The van der Waals surface area contributed by atoms with Crippen molar-refractivity contribution in [3.05, 3.63) is 64.7 Å². The van der Waals surface area contributed by atoms with E-state index in [1.165, 1.54) is 0 Å². The number of hydrogen-bond donors (Lipinski definition) is 2. The summed E-state index contributed by atoms with van der Waals surface area (Å²) in [6.45, 7) is 3.32. The van der Waals surface area contributed by atoms with E-state index in [0.717, 1.165) is 53.4 Å². The Balaban J connectivity index is 1.35. The molecule has 0 bridgehead atoms. The average Bonchev–Trinajstić information content (AvgIpc) is 2.78. The molecule has 1 fully saturated rings. The molecular weight excluding hydrogens is 412 g/mol. The molecule has 0 radical (unpaired) electrons. The number of carboxylic acids is 1. The number of amides is 1.